The third kappa shape index (κ3) is 5.66. The van der Waals surface area contributed by atoms with Crippen molar-refractivity contribution >= 4 is 35.0 Å². The van der Waals surface area contributed by atoms with Gasteiger partial charge in [0.05, 0.1) is 18.4 Å². The largest absolute Gasteiger partial charge is 0.497 e. The summed E-state index contributed by atoms with van der Waals surface area (Å²) in [6.07, 6.45) is 5.41. The first-order chi connectivity index (χ1) is 14.6. The van der Waals surface area contributed by atoms with Gasteiger partial charge in [0.25, 0.3) is 5.91 Å². The monoisotopic (exact) mass is 416 g/mol. The van der Waals surface area contributed by atoms with E-state index in [2.05, 4.69) is 16.6 Å². The molecule has 0 spiro atoms. The highest BCUT2D eigenvalue weighted by Crippen LogP contribution is 2.24. The number of thioether (sulfide) groups is 1. The van der Waals surface area contributed by atoms with E-state index in [1.807, 2.05) is 12.1 Å². The quantitative estimate of drug-likeness (QED) is 0.434. The second-order valence-electron chi connectivity index (χ2n) is 6.24. The van der Waals surface area contributed by atoms with Crippen molar-refractivity contribution in [2.75, 3.05) is 23.5 Å². The van der Waals surface area contributed by atoms with Crippen molar-refractivity contribution in [1.82, 2.24) is 0 Å². The van der Waals surface area contributed by atoms with Gasteiger partial charge in [-0.3, -0.25) is 9.59 Å². The minimum absolute atomic E-state index is 0.161. The van der Waals surface area contributed by atoms with Gasteiger partial charge in [0.2, 0.25) is 5.91 Å². The van der Waals surface area contributed by atoms with E-state index in [0.29, 0.717) is 33.1 Å². The fraction of sp³-hybridized carbons (Fsp3) is 0.0833. The maximum Gasteiger partial charge on any atom is 0.256 e. The third-order valence-corrected chi connectivity index (χ3v) is 5.20. The normalized spacial score (nSPS) is 10.0. The molecule has 0 fully saturated rings. The summed E-state index contributed by atoms with van der Waals surface area (Å²) in [4.78, 5) is 25.8. The van der Waals surface area contributed by atoms with Gasteiger partial charge in [-0.2, -0.15) is 0 Å². The van der Waals surface area contributed by atoms with Crippen LogP contribution in [0.15, 0.2) is 77.7 Å². The molecule has 0 radical (unpaired) electrons. The first-order valence-corrected chi connectivity index (χ1v) is 10.1. The van der Waals surface area contributed by atoms with Crippen molar-refractivity contribution in [3.05, 3.63) is 83.9 Å². The molecule has 0 atom stereocenters. The lowest BCUT2D eigenvalue weighted by molar-refractivity contribution is -0.113. The van der Waals surface area contributed by atoms with Gasteiger partial charge in [-0.1, -0.05) is 30.2 Å². The summed E-state index contributed by atoms with van der Waals surface area (Å²) in [6.45, 7) is 0. The van der Waals surface area contributed by atoms with Crippen molar-refractivity contribution in [3.8, 4) is 18.1 Å². The molecule has 0 aliphatic rings. The lowest BCUT2D eigenvalue weighted by Crippen LogP contribution is -2.16. The van der Waals surface area contributed by atoms with E-state index in [-0.39, 0.29) is 17.6 Å². The topological polar surface area (TPSA) is 67.4 Å². The molecule has 3 aromatic rings. The molecule has 2 amide bonds. The first kappa shape index (κ1) is 21.0. The molecule has 0 unspecified atom stereocenters. The average molecular weight is 417 g/mol. The number of terminal acetylenes is 1. The summed E-state index contributed by atoms with van der Waals surface area (Å²) in [5.41, 5.74) is 2.44. The number of carbonyl (C=O) groups excluding carboxylic acids is 2. The second-order valence-corrected chi connectivity index (χ2v) is 7.26. The number of anilines is 2. The van der Waals surface area contributed by atoms with Gasteiger partial charge in [0.15, 0.2) is 0 Å². The number of carbonyl (C=O) groups is 2. The zero-order valence-electron chi connectivity index (χ0n) is 16.3. The highest BCUT2D eigenvalue weighted by Gasteiger charge is 2.13. The van der Waals surface area contributed by atoms with Gasteiger partial charge in [0.1, 0.15) is 5.75 Å². The summed E-state index contributed by atoms with van der Waals surface area (Å²) in [6, 6.07) is 21.4. The predicted molar refractivity (Wildman–Crippen MR) is 121 cm³/mol. The zero-order valence-corrected chi connectivity index (χ0v) is 17.2. The lowest BCUT2D eigenvalue weighted by atomic mass is 10.2. The fourth-order valence-corrected chi connectivity index (χ4v) is 3.56. The number of methoxy groups -OCH3 is 1. The molecule has 0 aliphatic heterocycles. The van der Waals surface area contributed by atoms with Crippen LogP contribution in [0.4, 0.5) is 11.4 Å². The van der Waals surface area contributed by atoms with E-state index in [9.17, 15) is 9.59 Å². The van der Waals surface area contributed by atoms with Crippen LogP contribution in [0.5, 0.6) is 5.75 Å². The highest BCUT2D eigenvalue weighted by molar-refractivity contribution is 8.00. The summed E-state index contributed by atoms with van der Waals surface area (Å²) in [5.74, 6) is 2.93. The molecule has 6 heteroatoms. The number of amides is 2. The van der Waals surface area contributed by atoms with Gasteiger partial charge in [-0.05, 0) is 42.5 Å². The van der Waals surface area contributed by atoms with Crippen LogP contribution in [0.2, 0.25) is 0 Å². The standard InChI is InChI=1S/C24H20N2O3S/c1-3-17-8-6-9-18(14-17)26-24(28)21-12-4-5-13-22(21)30-16-23(27)25-19-10-7-11-20(15-19)29-2/h1,4-15H,16H2,2H3,(H,25,27)(H,26,28). The summed E-state index contributed by atoms with van der Waals surface area (Å²) >= 11 is 1.29. The number of hydrogen-bond acceptors (Lipinski definition) is 4. The Kier molecular flexibility index (Phi) is 7.14. The van der Waals surface area contributed by atoms with E-state index < -0.39 is 0 Å². The van der Waals surface area contributed by atoms with Gasteiger partial charge in [-0.25, -0.2) is 0 Å². The highest BCUT2D eigenvalue weighted by atomic mass is 32.2. The van der Waals surface area contributed by atoms with Crippen molar-refractivity contribution in [2.24, 2.45) is 0 Å². The van der Waals surface area contributed by atoms with Crippen LogP contribution in [0.25, 0.3) is 0 Å². The Morgan fingerprint density at radius 3 is 2.47 bits per heavy atom. The Morgan fingerprint density at radius 2 is 1.70 bits per heavy atom. The summed E-state index contributed by atoms with van der Waals surface area (Å²) in [5, 5.41) is 5.68. The number of hydrogen-bond donors (Lipinski definition) is 2. The molecule has 2 N–H and O–H groups in total. The molecule has 0 aromatic heterocycles. The van der Waals surface area contributed by atoms with Crippen molar-refractivity contribution < 1.29 is 14.3 Å². The number of rotatable bonds is 7. The molecular weight excluding hydrogens is 396 g/mol. The predicted octanol–water partition coefficient (Wildman–Crippen LogP) is 4.66. The molecule has 0 heterocycles. The van der Waals surface area contributed by atoms with Crippen LogP contribution in [0.1, 0.15) is 15.9 Å². The van der Waals surface area contributed by atoms with E-state index in [0.717, 1.165) is 0 Å². The molecule has 3 aromatic carbocycles. The van der Waals surface area contributed by atoms with Crippen LogP contribution in [0.3, 0.4) is 0 Å². The van der Waals surface area contributed by atoms with Gasteiger partial charge >= 0.3 is 0 Å². The van der Waals surface area contributed by atoms with Crippen LogP contribution in [-0.4, -0.2) is 24.7 Å². The van der Waals surface area contributed by atoms with Crippen LogP contribution < -0.4 is 15.4 Å². The second kappa shape index (κ2) is 10.2. The Morgan fingerprint density at radius 1 is 0.967 bits per heavy atom. The minimum Gasteiger partial charge on any atom is -0.497 e. The molecule has 150 valence electrons. The summed E-state index contributed by atoms with van der Waals surface area (Å²) < 4.78 is 5.16. The molecule has 0 saturated heterocycles. The zero-order chi connectivity index (χ0) is 21.3. The van der Waals surface area contributed by atoms with E-state index in [1.54, 1.807) is 67.8 Å². The number of nitrogens with one attached hydrogen (secondary N) is 2. The molecule has 0 aliphatic carbocycles. The van der Waals surface area contributed by atoms with E-state index >= 15 is 0 Å². The molecule has 30 heavy (non-hydrogen) atoms. The molecule has 5 nitrogen and oxygen atoms in total. The third-order valence-electron chi connectivity index (χ3n) is 4.13. The first-order valence-electron chi connectivity index (χ1n) is 9.13. The number of benzene rings is 3. The molecule has 0 saturated carbocycles. The Balaban J connectivity index is 1.65. The van der Waals surface area contributed by atoms with Gasteiger partial charge < -0.3 is 15.4 Å². The minimum atomic E-state index is -0.263. The Bertz CT molecular complexity index is 1110. The van der Waals surface area contributed by atoms with Gasteiger partial charge in [0, 0.05) is 27.9 Å². The van der Waals surface area contributed by atoms with Crippen LogP contribution in [0, 0.1) is 12.3 Å². The van der Waals surface area contributed by atoms with Crippen molar-refractivity contribution in [3.63, 3.8) is 0 Å². The van der Waals surface area contributed by atoms with Crippen LogP contribution in [-0.2, 0) is 4.79 Å². The van der Waals surface area contributed by atoms with Crippen LogP contribution >= 0.6 is 11.8 Å². The number of ether oxygens (including phenoxy) is 1. The van der Waals surface area contributed by atoms with Crippen molar-refractivity contribution in [2.45, 2.75) is 4.90 Å². The Labute approximate surface area is 179 Å². The van der Waals surface area contributed by atoms with E-state index in [1.165, 1.54) is 11.8 Å². The Hall–Kier alpha value is -3.69. The van der Waals surface area contributed by atoms with E-state index in [4.69, 9.17) is 11.2 Å². The smallest absolute Gasteiger partial charge is 0.256 e. The average Bonchev–Trinajstić information content (AvgIpc) is 2.78. The molecule has 0 bridgehead atoms. The molecule has 3 rings (SSSR count). The van der Waals surface area contributed by atoms with Gasteiger partial charge in [-0.15, -0.1) is 18.2 Å². The summed E-state index contributed by atoms with van der Waals surface area (Å²) in [7, 11) is 1.57. The van der Waals surface area contributed by atoms with Crippen molar-refractivity contribution in [1.29, 1.82) is 0 Å². The SMILES string of the molecule is C#Cc1cccc(NC(=O)c2ccccc2SCC(=O)Nc2cccc(OC)c2)c1. The lowest BCUT2D eigenvalue weighted by Gasteiger charge is -2.11. The molecular formula is C24H20N2O3S. The fourth-order valence-electron chi connectivity index (χ4n) is 2.71. The maximum atomic E-state index is 12.8. The maximum absolute atomic E-state index is 12.8.